The van der Waals surface area contributed by atoms with Gasteiger partial charge in [-0.1, -0.05) is 71.2 Å². The van der Waals surface area contributed by atoms with Gasteiger partial charge in [-0.2, -0.15) is 4.31 Å². The summed E-state index contributed by atoms with van der Waals surface area (Å²) < 4.78 is 96.2. The van der Waals surface area contributed by atoms with Crippen LogP contribution in [0.1, 0.15) is 27.8 Å². The lowest BCUT2D eigenvalue weighted by molar-refractivity contribution is 0.393. The zero-order valence-electron chi connectivity index (χ0n) is 27.0. The summed E-state index contributed by atoms with van der Waals surface area (Å²) in [6, 6.07) is 25.4. The van der Waals surface area contributed by atoms with Crippen molar-refractivity contribution >= 4 is 54.1 Å². The first-order valence-electron chi connectivity index (χ1n) is 15.3. The third kappa shape index (κ3) is 10.2. The van der Waals surface area contributed by atoms with Crippen LogP contribution in [0, 0.1) is 12.7 Å². The van der Waals surface area contributed by atoms with E-state index in [2.05, 4.69) is 0 Å². The Labute approximate surface area is 308 Å². The van der Waals surface area contributed by atoms with Crippen molar-refractivity contribution in [1.82, 2.24) is 4.31 Å². The van der Waals surface area contributed by atoms with Crippen LogP contribution in [0.25, 0.3) is 0 Å². The van der Waals surface area contributed by atoms with Crippen LogP contribution in [-0.2, 0) is 56.2 Å². The Morgan fingerprint density at radius 2 is 1.37 bits per heavy atom. The molecule has 268 valence electrons. The van der Waals surface area contributed by atoms with Gasteiger partial charge in [0.25, 0.3) is 0 Å². The van der Waals surface area contributed by atoms with Crippen molar-refractivity contribution in [2.24, 2.45) is 0 Å². The van der Waals surface area contributed by atoms with Gasteiger partial charge >= 0.3 is 0 Å². The monoisotopic (exact) mass is 791 g/mol. The predicted molar refractivity (Wildman–Crippen MR) is 195 cm³/mol. The fraction of sp³-hybridized carbons (Fsp3) is 0.167. The number of nitrogens with zero attached hydrogens (tertiary/aromatic N) is 1. The molecule has 5 rings (SSSR count). The second kappa shape index (κ2) is 16.2. The number of hydrogen-bond donors (Lipinski definition) is 2. The summed E-state index contributed by atoms with van der Waals surface area (Å²) in [6.07, 6.45) is 0.0506. The molecule has 15 heteroatoms. The molecule has 1 atom stereocenters. The van der Waals surface area contributed by atoms with Crippen molar-refractivity contribution in [1.29, 1.82) is 0 Å². The normalized spacial score (nSPS) is 12.6. The molecule has 0 fully saturated rings. The summed E-state index contributed by atoms with van der Waals surface area (Å²) in [4.78, 5) is -0.365. The van der Waals surface area contributed by atoms with Gasteiger partial charge in [-0.15, -0.1) is 0 Å². The molecule has 0 aliphatic rings. The predicted octanol–water partition coefficient (Wildman–Crippen LogP) is 8.07. The maximum atomic E-state index is 14.2. The zero-order chi connectivity index (χ0) is 36.9. The number of phenolic OH excluding ortho intramolecular Hbond substituents is 1. The SMILES string of the molecule is Cc1ccc(S(=O)(=O)CCc2cc(CN(Cc3ccc(CS(=O)O)cc3)S(=O)(=O)c3cc(Cl)cc(Cl)c3O)cc(Oc3ccc(F)cc3)c2)cc1. The number of sulfonamides is 1. The number of hydrogen-bond acceptors (Lipinski definition) is 7. The highest BCUT2D eigenvalue weighted by molar-refractivity contribution is 7.91. The van der Waals surface area contributed by atoms with E-state index in [0.29, 0.717) is 28.0 Å². The Balaban J connectivity index is 1.54. The van der Waals surface area contributed by atoms with Crippen LogP contribution in [0.15, 0.2) is 113 Å². The highest BCUT2D eigenvalue weighted by Crippen LogP contribution is 2.37. The molecular formula is C36H32Cl2FNO8S3. The highest BCUT2D eigenvalue weighted by atomic mass is 35.5. The van der Waals surface area contributed by atoms with Gasteiger partial charge in [0.05, 0.1) is 21.4 Å². The average Bonchev–Trinajstić information content (AvgIpc) is 3.07. The molecule has 2 N–H and O–H groups in total. The average molecular weight is 793 g/mol. The molecule has 0 heterocycles. The van der Waals surface area contributed by atoms with Gasteiger partial charge in [0, 0.05) is 18.1 Å². The Bertz CT molecular complexity index is 2270. The van der Waals surface area contributed by atoms with Crippen molar-refractivity contribution in [2.75, 3.05) is 5.75 Å². The molecule has 0 saturated carbocycles. The van der Waals surface area contributed by atoms with Gasteiger partial charge in [0.1, 0.15) is 22.2 Å². The quantitative estimate of drug-likeness (QED) is 0.108. The highest BCUT2D eigenvalue weighted by Gasteiger charge is 2.30. The Morgan fingerprint density at radius 1 is 0.765 bits per heavy atom. The van der Waals surface area contributed by atoms with Gasteiger partial charge in [-0.3, -0.25) is 0 Å². The summed E-state index contributed by atoms with van der Waals surface area (Å²) in [5, 5.41) is 10.4. The Hall–Kier alpha value is -3.82. The van der Waals surface area contributed by atoms with Gasteiger partial charge < -0.3 is 14.4 Å². The molecule has 5 aromatic rings. The lowest BCUT2D eigenvalue weighted by Crippen LogP contribution is -2.30. The molecule has 0 aliphatic carbocycles. The van der Waals surface area contributed by atoms with E-state index < -0.39 is 47.4 Å². The molecule has 0 radical (unpaired) electrons. The van der Waals surface area contributed by atoms with E-state index in [-0.39, 0.29) is 51.7 Å². The number of rotatable bonds is 14. The van der Waals surface area contributed by atoms with Gasteiger partial charge in [-0.05, 0) is 96.3 Å². The first-order valence-corrected chi connectivity index (χ1v) is 20.4. The van der Waals surface area contributed by atoms with Gasteiger partial charge in [0.2, 0.25) is 10.0 Å². The summed E-state index contributed by atoms with van der Waals surface area (Å²) >= 11 is 10.2. The number of benzene rings is 5. The fourth-order valence-electron chi connectivity index (χ4n) is 5.17. The van der Waals surface area contributed by atoms with Crippen LogP contribution >= 0.6 is 23.2 Å². The van der Waals surface area contributed by atoms with Crippen LogP contribution < -0.4 is 4.74 Å². The molecule has 51 heavy (non-hydrogen) atoms. The minimum absolute atomic E-state index is 0.0237. The molecule has 1 unspecified atom stereocenters. The first kappa shape index (κ1) is 38.4. The lowest BCUT2D eigenvalue weighted by Gasteiger charge is -2.24. The molecule has 0 spiro atoms. The molecule has 0 aromatic heterocycles. The maximum Gasteiger partial charge on any atom is 0.247 e. The van der Waals surface area contributed by atoms with E-state index in [1.807, 2.05) is 6.92 Å². The van der Waals surface area contributed by atoms with Crippen molar-refractivity contribution in [2.45, 2.75) is 42.0 Å². The van der Waals surface area contributed by atoms with Crippen molar-refractivity contribution in [3.8, 4) is 17.2 Å². The number of aromatic hydroxyl groups is 1. The number of phenols is 1. The largest absolute Gasteiger partial charge is 0.505 e. The third-order valence-electron chi connectivity index (χ3n) is 7.76. The standard InChI is InChI=1S/C36H32Cl2FNO8S3/c1-24-2-12-33(13-3-24)50(44,45)15-14-27-16-28(18-32(17-27)48-31-10-8-30(39)9-11-31)22-40(21-25-4-6-26(7-5-25)23-49(42)43)51(46,47)35-20-29(37)19-34(38)36(35)41/h2-13,16-20,41H,14-15,21-23H2,1H3,(H,42,43). The number of aryl methyl sites for hydroxylation is 2. The van der Waals surface area contributed by atoms with Gasteiger partial charge in [0.15, 0.2) is 26.7 Å². The molecule has 0 saturated heterocycles. The fourth-order valence-corrected chi connectivity index (χ4v) is 9.10. The molecule has 9 nitrogen and oxygen atoms in total. The number of sulfone groups is 1. The van der Waals surface area contributed by atoms with Crippen LogP contribution in [0.3, 0.4) is 0 Å². The second-order valence-corrected chi connectivity index (χ2v) is 17.5. The third-order valence-corrected chi connectivity index (χ3v) is 12.4. The van der Waals surface area contributed by atoms with Crippen LogP contribution in [0.5, 0.6) is 17.2 Å². The van der Waals surface area contributed by atoms with E-state index in [1.165, 1.54) is 30.3 Å². The Kier molecular flexibility index (Phi) is 12.2. The van der Waals surface area contributed by atoms with Crippen molar-refractivity contribution in [3.05, 3.63) is 147 Å². The van der Waals surface area contributed by atoms with E-state index in [9.17, 15) is 35.1 Å². The minimum atomic E-state index is -4.52. The molecular weight excluding hydrogens is 760 g/mol. The summed E-state index contributed by atoms with van der Waals surface area (Å²) in [5.41, 5.74) is 2.91. The van der Waals surface area contributed by atoms with E-state index >= 15 is 0 Å². The summed E-state index contributed by atoms with van der Waals surface area (Å²) in [6.45, 7) is 1.35. The zero-order valence-corrected chi connectivity index (χ0v) is 31.0. The first-order chi connectivity index (χ1) is 24.1. The van der Waals surface area contributed by atoms with Crippen LogP contribution in [-0.4, -0.2) is 40.8 Å². The molecule has 0 bridgehead atoms. The topological polar surface area (TPSA) is 138 Å². The smallest absolute Gasteiger partial charge is 0.247 e. The van der Waals surface area contributed by atoms with Gasteiger partial charge in [-0.25, -0.2) is 25.4 Å². The van der Waals surface area contributed by atoms with Crippen molar-refractivity contribution < 1.29 is 39.8 Å². The minimum Gasteiger partial charge on any atom is -0.505 e. The van der Waals surface area contributed by atoms with Crippen LogP contribution in [0.4, 0.5) is 4.39 Å². The second-order valence-electron chi connectivity index (χ2n) is 11.7. The lowest BCUT2D eigenvalue weighted by atomic mass is 10.1. The number of ether oxygens (including phenoxy) is 1. The Morgan fingerprint density at radius 3 is 2.02 bits per heavy atom. The van der Waals surface area contributed by atoms with E-state index in [4.69, 9.17) is 27.9 Å². The molecule has 0 aliphatic heterocycles. The molecule has 0 amide bonds. The summed E-state index contributed by atoms with van der Waals surface area (Å²) in [7, 11) is -8.21. The number of halogens is 3. The van der Waals surface area contributed by atoms with Crippen molar-refractivity contribution in [3.63, 3.8) is 0 Å². The van der Waals surface area contributed by atoms with E-state index in [0.717, 1.165) is 15.9 Å². The van der Waals surface area contributed by atoms with E-state index in [1.54, 1.807) is 66.7 Å². The molecule has 5 aromatic carbocycles. The maximum absolute atomic E-state index is 14.2. The van der Waals surface area contributed by atoms with Crippen LogP contribution in [0.2, 0.25) is 10.0 Å². The summed E-state index contributed by atoms with van der Waals surface area (Å²) in [5.74, 6) is -0.992.